The van der Waals surface area contributed by atoms with Crippen molar-refractivity contribution in [1.82, 2.24) is 0 Å². The molecular weight excluding hydrogens is 152 g/mol. The summed E-state index contributed by atoms with van der Waals surface area (Å²) >= 11 is 0. The number of aliphatic hydroxyl groups is 1. The molecule has 0 unspecified atom stereocenters. The van der Waals surface area contributed by atoms with Gasteiger partial charge in [0.15, 0.2) is 0 Å². The quantitative estimate of drug-likeness (QED) is 0.561. The molecule has 0 fully saturated rings. The lowest BCUT2D eigenvalue weighted by Gasteiger charge is -1.91. The molecule has 0 aliphatic carbocycles. The van der Waals surface area contributed by atoms with E-state index in [0.29, 0.717) is 0 Å². The average molecular weight is 161 g/mol. The maximum atomic E-state index is 12.1. The Labute approximate surface area is 63.3 Å². The van der Waals surface area contributed by atoms with Crippen molar-refractivity contribution >= 4 is 5.69 Å². The summed E-state index contributed by atoms with van der Waals surface area (Å²) in [7, 11) is 1.00. The second kappa shape index (κ2) is 4.62. The Bertz CT molecular complexity index is 177. The smallest absolute Gasteiger partial charge is 0.128 e. The zero-order valence-electron chi connectivity index (χ0n) is 6.01. The number of nitrogens with two attached hydrogens (primary N) is 1. The van der Waals surface area contributed by atoms with Crippen LogP contribution >= 0.6 is 0 Å². The van der Waals surface area contributed by atoms with E-state index in [0.717, 1.165) is 25.3 Å². The molecule has 0 spiro atoms. The third-order valence-electron chi connectivity index (χ3n) is 0.885. The minimum atomic E-state index is -0.646. The minimum absolute atomic E-state index is 0.104. The van der Waals surface area contributed by atoms with E-state index in [1.54, 1.807) is 0 Å². The second-order valence-corrected chi connectivity index (χ2v) is 1.70. The van der Waals surface area contributed by atoms with E-state index in [1.165, 1.54) is 0 Å². The summed E-state index contributed by atoms with van der Waals surface area (Å²) in [6.07, 6.45) is 0. The summed E-state index contributed by atoms with van der Waals surface area (Å²) in [5, 5.41) is 7.00. The van der Waals surface area contributed by atoms with Gasteiger partial charge in [-0.1, -0.05) is 0 Å². The first-order valence-corrected chi connectivity index (χ1v) is 2.85. The molecule has 3 N–H and O–H groups in total. The Morgan fingerprint density at radius 2 is 1.45 bits per heavy atom. The van der Waals surface area contributed by atoms with Crippen LogP contribution in [-0.2, 0) is 0 Å². The average Bonchev–Trinajstić information content (AvgIpc) is 1.88. The van der Waals surface area contributed by atoms with Gasteiger partial charge >= 0.3 is 0 Å². The summed E-state index contributed by atoms with van der Waals surface area (Å²) in [5.41, 5.74) is 5.18. The highest BCUT2D eigenvalue weighted by Gasteiger charge is 1.94. The highest BCUT2D eigenvalue weighted by molar-refractivity contribution is 5.37. The monoisotopic (exact) mass is 161 g/mol. The van der Waals surface area contributed by atoms with Gasteiger partial charge in [-0.05, 0) is 12.1 Å². The molecule has 62 valence electrons. The van der Waals surface area contributed by atoms with Gasteiger partial charge in [-0.15, -0.1) is 0 Å². The van der Waals surface area contributed by atoms with Gasteiger partial charge in [0.1, 0.15) is 11.6 Å². The molecule has 11 heavy (non-hydrogen) atoms. The van der Waals surface area contributed by atoms with E-state index in [1.807, 2.05) is 0 Å². The van der Waals surface area contributed by atoms with Crippen LogP contribution in [0.2, 0.25) is 0 Å². The van der Waals surface area contributed by atoms with Crippen LogP contribution in [0.5, 0.6) is 0 Å². The number of hydrogen-bond donors (Lipinski definition) is 2. The van der Waals surface area contributed by atoms with Crippen molar-refractivity contribution in [3.8, 4) is 0 Å². The van der Waals surface area contributed by atoms with Gasteiger partial charge in [0.25, 0.3) is 0 Å². The van der Waals surface area contributed by atoms with Gasteiger partial charge < -0.3 is 10.8 Å². The van der Waals surface area contributed by atoms with Crippen LogP contribution in [0.15, 0.2) is 18.2 Å². The van der Waals surface area contributed by atoms with E-state index < -0.39 is 11.6 Å². The molecule has 0 amide bonds. The topological polar surface area (TPSA) is 46.2 Å². The van der Waals surface area contributed by atoms with Crippen molar-refractivity contribution in [1.29, 1.82) is 0 Å². The minimum Gasteiger partial charge on any atom is -0.400 e. The first kappa shape index (κ1) is 9.84. The highest BCUT2D eigenvalue weighted by atomic mass is 19.1. The number of rotatable bonds is 0. The summed E-state index contributed by atoms with van der Waals surface area (Å²) in [6, 6.07) is 2.89. The number of aliphatic hydroxyl groups excluding tert-OH is 1. The van der Waals surface area contributed by atoms with Crippen LogP contribution in [0, 0.1) is 11.6 Å². The fraction of sp³-hybridized carbons (Fsp3) is 0.143. The van der Waals surface area contributed by atoms with Gasteiger partial charge in [-0.2, -0.15) is 0 Å². The molecule has 0 saturated carbocycles. The van der Waals surface area contributed by atoms with Crippen molar-refractivity contribution < 1.29 is 13.9 Å². The maximum Gasteiger partial charge on any atom is 0.128 e. The Balaban J connectivity index is 0.000000461. The molecule has 0 heterocycles. The van der Waals surface area contributed by atoms with Crippen molar-refractivity contribution in [2.24, 2.45) is 0 Å². The van der Waals surface area contributed by atoms with E-state index in [2.05, 4.69) is 0 Å². The van der Waals surface area contributed by atoms with Crippen molar-refractivity contribution in [3.63, 3.8) is 0 Å². The van der Waals surface area contributed by atoms with E-state index in [4.69, 9.17) is 10.8 Å². The molecule has 0 aliphatic rings. The summed E-state index contributed by atoms with van der Waals surface area (Å²) < 4.78 is 24.2. The highest BCUT2D eigenvalue weighted by Crippen LogP contribution is 2.07. The first-order chi connectivity index (χ1) is 5.18. The number of benzene rings is 1. The Kier molecular flexibility index (Phi) is 4.14. The van der Waals surface area contributed by atoms with Crippen LogP contribution in [0.1, 0.15) is 0 Å². The third kappa shape index (κ3) is 3.52. The van der Waals surface area contributed by atoms with Crippen LogP contribution in [0.25, 0.3) is 0 Å². The first-order valence-electron chi connectivity index (χ1n) is 2.85. The largest absolute Gasteiger partial charge is 0.400 e. The van der Waals surface area contributed by atoms with Crippen molar-refractivity contribution in [2.75, 3.05) is 12.8 Å². The molecule has 1 aromatic rings. The second-order valence-electron chi connectivity index (χ2n) is 1.70. The summed E-state index contributed by atoms with van der Waals surface area (Å²) in [5.74, 6) is -1.29. The predicted octanol–water partition coefficient (Wildman–Crippen LogP) is 1.16. The molecule has 0 bridgehead atoms. The standard InChI is InChI=1S/C6H5F2N.CH4O/c7-4-1-5(8)3-6(9)2-4;1-2/h1-3H,9H2;2H,1H3. The Hall–Kier alpha value is -1.16. The Morgan fingerprint density at radius 1 is 1.09 bits per heavy atom. The number of hydrogen-bond acceptors (Lipinski definition) is 2. The molecule has 1 aromatic carbocycles. The number of halogens is 2. The summed E-state index contributed by atoms with van der Waals surface area (Å²) in [6.45, 7) is 0. The molecule has 0 saturated heterocycles. The van der Waals surface area contributed by atoms with Gasteiger partial charge in [0.2, 0.25) is 0 Å². The maximum absolute atomic E-state index is 12.1. The van der Waals surface area contributed by atoms with E-state index >= 15 is 0 Å². The van der Waals surface area contributed by atoms with Crippen molar-refractivity contribution in [2.45, 2.75) is 0 Å². The van der Waals surface area contributed by atoms with Gasteiger partial charge in [-0.25, -0.2) is 8.78 Å². The molecule has 4 heteroatoms. The fourth-order valence-electron chi connectivity index (χ4n) is 0.575. The lowest BCUT2D eigenvalue weighted by molar-refractivity contribution is 0.399. The lowest BCUT2D eigenvalue weighted by atomic mass is 10.3. The third-order valence-corrected chi connectivity index (χ3v) is 0.885. The zero-order chi connectivity index (χ0) is 8.85. The fourth-order valence-corrected chi connectivity index (χ4v) is 0.575. The van der Waals surface area contributed by atoms with Crippen molar-refractivity contribution in [3.05, 3.63) is 29.8 Å². The number of nitrogen functional groups attached to an aromatic ring is 1. The SMILES string of the molecule is CO.Nc1cc(F)cc(F)c1. The lowest BCUT2D eigenvalue weighted by Crippen LogP contribution is -1.87. The van der Waals surface area contributed by atoms with Crippen LogP contribution in [-0.4, -0.2) is 12.2 Å². The Morgan fingerprint density at radius 3 is 1.73 bits per heavy atom. The van der Waals surface area contributed by atoms with Gasteiger partial charge in [-0.3, -0.25) is 0 Å². The molecule has 1 rings (SSSR count). The van der Waals surface area contributed by atoms with E-state index in [-0.39, 0.29) is 5.69 Å². The normalized spacial score (nSPS) is 8.36. The zero-order valence-corrected chi connectivity index (χ0v) is 6.01. The van der Waals surface area contributed by atoms with E-state index in [9.17, 15) is 8.78 Å². The molecule has 2 nitrogen and oxygen atoms in total. The van der Waals surface area contributed by atoms with Crippen LogP contribution in [0.4, 0.5) is 14.5 Å². The molecule has 0 radical (unpaired) electrons. The number of anilines is 1. The summed E-state index contributed by atoms with van der Waals surface area (Å²) in [4.78, 5) is 0. The van der Waals surface area contributed by atoms with Gasteiger partial charge in [0.05, 0.1) is 0 Å². The molecule has 0 aromatic heterocycles. The molecule has 0 atom stereocenters. The van der Waals surface area contributed by atoms with Crippen LogP contribution in [0.3, 0.4) is 0 Å². The predicted molar refractivity (Wildman–Crippen MR) is 38.9 cm³/mol. The van der Waals surface area contributed by atoms with Gasteiger partial charge in [0, 0.05) is 18.9 Å². The molecule has 0 aliphatic heterocycles. The van der Waals surface area contributed by atoms with Crippen LogP contribution < -0.4 is 5.73 Å². The molecular formula is C7H9F2NO.